The van der Waals surface area contributed by atoms with Gasteiger partial charge in [-0.3, -0.25) is 0 Å². The van der Waals surface area contributed by atoms with E-state index in [-0.39, 0.29) is 0 Å². The Morgan fingerprint density at radius 2 is 1.83 bits per heavy atom. The monoisotopic (exact) mass is 215 g/mol. The molecule has 0 bridgehead atoms. The van der Waals surface area contributed by atoms with Crippen LogP contribution < -0.4 is 5.09 Å². The molecule has 0 aromatic heterocycles. The van der Waals surface area contributed by atoms with Crippen LogP contribution in [0.25, 0.3) is 0 Å². The maximum absolute atomic E-state index is 10.4. The molecule has 0 saturated heterocycles. The molecule has 76 valence electrons. The summed E-state index contributed by atoms with van der Waals surface area (Å²) >= 11 is 0. The zero-order chi connectivity index (χ0) is 9.83. The zero-order valence-corrected chi connectivity index (χ0v) is 9.77. The standard InChI is InChI=1S/C6H19NO3P2/c1-11(2,3)6-4-5-7-12(8,9)10/h11H,4-6H2,1-3H3,(H3,7,8,9,10). The fourth-order valence-corrected chi connectivity index (χ4v) is 2.53. The van der Waals surface area contributed by atoms with E-state index in [1.807, 2.05) is 0 Å². The van der Waals surface area contributed by atoms with Crippen LogP contribution >= 0.6 is 15.0 Å². The van der Waals surface area contributed by atoms with Crippen LogP contribution in [0, 0.1) is 0 Å². The molecule has 0 saturated carbocycles. The average molecular weight is 215 g/mol. The summed E-state index contributed by atoms with van der Waals surface area (Å²) in [5.41, 5.74) is 0. The van der Waals surface area contributed by atoms with E-state index in [1.54, 1.807) is 0 Å². The van der Waals surface area contributed by atoms with Gasteiger partial charge in [-0.25, -0.2) is 0 Å². The van der Waals surface area contributed by atoms with Gasteiger partial charge in [-0.15, -0.1) is 0 Å². The molecule has 0 aliphatic rings. The van der Waals surface area contributed by atoms with E-state index in [0.717, 1.165) is 12.6 Å². The second-order valence-corrected chi connectivity index (χ2v) is 11.1. The van der Waals surface area contributed by atoms with Crippen molar-refractivity contribution in [2.45, 2.75) is 6.42 Å². The fourth-order valence-electron chi connectivity index (χ4n) is 0.843. The molecular weight excluding hydrogens is 196 g/mol. The Labute approximate surface area is 74.3 Å². The van der Waals surface area contributed by atoms with Gasteiger partial charge in [0.15, 0.2) is 0 Å². The Morgan fingerprint density at radius 3 is 2.17 bits per heavy atom. The van der Waals surface area contributed by atoms with Crippen LogP contribution in [-0.4, -0.2) is 42.5 Å². The quantitative estimate of drug-likeness (QED) is 0.466. The van der Waals surface area contributed by atoms with Crippen LogP contribution in [0.5, 0.6) is 0 Å². The van der Waals surface area contributed by atoms with Crippen molar-refractivity contribution in [1.29, 1.82) is 0 Å². The third kappa shape index (κ3) is 10.5. The van der Waals surface area contributed by atoms with E-state index >= 15 is 0 Å². The molecule has 0 unspecified atom stereocenters. The predicted molar refractivity (Wildman–Crippen MR) is 55.6 cm³/mol. The molecule has 0 spiro atoms. The summed E-state index contributed by atoms with van der Waals surface area (Å²) in [6.07, 6.45) is 1.95. The summed E-state index contributed by atoms with van der Waals surface area (Å²) in [6.45, 7) is 7.13. The molecule has 0 aromatic rings. The average Bonchev–Trinajstić information content (AvgIpc) is 1.76. The first-order valence-electron chi connectivity index (χ1n) is 4.01. The summed E-state index contributed by atoms with van der Waals surface area (Å²) in [4.78, 5) is 16.9. The molecule has 3 N–H and O–H groups in total. The molecule has 0 atom stereocenters. The van der Waals surface area contributed by atoms with Gasteiger partial charge in [-0.1, -0.05) is 0 Å². The molecule has 0 radical (unpaired) electrons. The molecule has 4 nitrogen and oxygen atoms in total. The molecular formula is C6H19NO3P2. The van der Waals surface area contributed by atoms with E-state index in [0.29, 0.717) is 6.54 Å². The molecule has 0 rings (SSSR count). The van der Waals surface area contributed by atoms with Crippen molar-refractivity contribution < 1.29 is 14.4 Å². The van der Waals surface area contributed by atoms with Crippen LogP contribution in [0.1, 0.15) is 6.42 Å². The maximum atomic E-state index is 10.4. The Bertz CT molecular complexity index is 172. The van der Waals surface area contributed by atoms with Crippen molar-refractivity contribution >= 4 is 15.0 Å². The molecule has 0 fully saturated rings. The minimum absolute atomic E-state index is 0.411. The van der Waals surface area contributed by atoms with Gasteiger partial charge in [0.1, 0.15) is 0 Å². The Morgan fingerprint density at radius 1 is 1.33 bits per heavy atom. The van der Waals surface area contributed by atoms with Crippen molar-refractivity contribution in [2.75, 3.05) is 32.7 Å². The van der Waals surface area contributed by atoms with E-state index in [4.69, 9.17) is 9.79 Å². The third-order valence-corrected chi connectivity index (χ3v) is 3.91. The number of rotatable bonds is 5. The number of hydrogen-bond acceptors (Lipinski definition) is 1. The second kappa shape index (κ2) is 4.69. The van der Waals surface area contributed by atoms with Crippen LogP contribution in [0.15, 0.2) is 0 Å². The zero-order valence-electron chi connectivity index (χ0n) is 7.87. The topological polar surface area (TPSA) is 69.6 Å². The van der Waals surface area contributed by atoms with Crippen LogP contribution in [0.2, 0.25) is 0 Å². The van der Waals surface area contributed by atoms with Crippen molar-refractivity contribution in [3.63, 3.8) is 0 Å². The number of hydrogen-bond donors (Lipinski definition) is 3. The van der Waals surface area contributed by atoms with Crippen LogP contribution in [-0.2, 0) is 4.57 Å². The van der Waals surface area contributed by atoms with E-state index < -0.39 is 15.0 Å². The first-order valence-corrected chi connectivity index (χ1v) is 9.33. The Kier molecular flexibility index (Phi) is 4.90. The van der Waals surface area contributed by atoms with Gasteiger partial charge in [0.25, 0.3) is 0 Å². The van der Waals surface area contributed by atoms with Crippen molar-refractivity contribution in [3.05, 3.63) is 0 Å². The van der Waals surface area contributed by atoms with Gasteiger partial charge in [0, 0.05) is 0 Å². The Balaban J connectivity index is 3.41. The van der Waals surface area contributed by atoms with Gasteiger partial charge >= 0.3 is 73.6 Å². The summed E-state index contributed by atoms with van der Waals surface area (Å²) in [5.74, 6) is 0. The fraction of sp³-hybridized carbons (Fsp3) is 1.00. The minimum atomic E-state index is -3.98. The Hall–Kier alpha value is 0.540. The van der Waals surface area contributed by atoms with Crippen LogP contribution in [0.4, 0.5) is 0 Å². The van der Waals surface area contributed by atoms with Crippen molar-refractivity contribution in [2.24, 2.45) is 0 Å². The second-order valence-electron chi connectivity index (χ2n) is 4.12. The molecule has 0 heterocycles. The summed E-state index contributed by atoms with van der Waals surface area (Å²) in [7, 11) is -5.03. The molecule has 0 amide bonds. The number of nitrogens with one attached hydrogen (secondary N) is 1. The SMILES string of the molecule is C[PH](C)(C)CCCNP(=O)(O)O. The summed E-state index contributed by atoms with van der Waals surface area (Å²) in [5, 5.41) is 2.18. The molecule has 12 heavy (non-hydrogen) atoms. The van der Waals surface area contributed by atoms with E-state index in [1.165, 1.54) is 0 Å². The first-order chi connectivity index (χ1) is 5.21. The van der Waals surface area contributed by atoms with Crippen LogP contribution in [0.3, 0.4) is 0 Å². The van der Waals surface area contributed by atoms with Gasteiger partial charge < -0.3 is 0 Å². The van der Waals surface area contributed by atoms with E-state index in [9.17, 15) is 4.57 Å². The molecule has 0 aliphatic heterocycles. The summed E-state index contributed by atoms with van der Waals surface area (Å²) < 4.78 is 10.4. The van der Waals surface area contributed by atoms with Crippen molar-refractivity contribution in [1.82, 2.24) is 5.09 Å². The first kappa shape index (κ1) is 12.5. The van der Waals surface area contributed by atoms with Crippen molar-refractivity contribution in [3.8, 4) is 0 Å². The summed E-state index contributed by atoms with van der Waals surface area (Å²) in [6, 6.07) is 0. The van der Waals surface area contributed by atoms with E-state index in [2.05, 4.69) is 25.1 Å². The molecule has 0 aliphatic carbocycles. The van der Waals surface area contributed by atoms with Gasteiger partial charge in [-0.05, 0) is 0 Å². The van der Waals surface area contributed by atoms with Gasteiger partial charge in [0.05, 0.1) is 0 Å². The normalized spacial score (nSPS) is 14.8. The van der Waals surface area contributed by atoms with Gasteiger partial charge in [0.2, 0.25) is 0 Å². The predicted octanol–water partition coefficient (Wildman–Crippen LogP) is 0.698. The van der Waals surface area contributed by atoms with Gasteiger partial charge in [-0.2, -0.15) is 0 Å². The molecule has 6 heteroatoms. The third-order valence-electron chi connectivity index (χ3n) is 1.42. The molecule has 0 aromatic carbocycles.